The van der Waals surface area contributed by atoms with E-state index in [-0.39, 0.29) is 0 Å². The fraction of sp³-hybridized carbons (Fsp3) is 0.0870. The third kappa shape index (κ3) is 3.04. The third-order valence-corrected chi connectivity index (χ3v) is 4.87. The van der Waals surface area contributed by atoms with E-state index in [1.165, 1.54) is 6.33 Å². The van der Waals surface area contributed by atoms with Crippen molar-refractivity contribution in [3.8, 4) is 11.6 Å². The maximum absolute atomic E-state index is 12.8. The van der Waals surface area contributed by atoms with E-state index in [0.29, 0.717) is 34.3 Å². The van der Waals surface area contributed by atoms with E-state index >= 15 is 0 Å². The molecule has 0 fully saturated rings. The summed E-state index contributed by atoms with van der Waals surface area (Å²) in [6.07, 6.45) is 1.45. The Morgan fingerprint density at radius 3 is 2.41 bits per heavy atom. The lowest BCUT2D eigenvalue weighted by Gasteiger charge is -2.28. The zero-order valence-corrected chi connectivity index (χ0v) is 15.6. The second-order valence-corrected chi connectivity index (χ2v) is 6.80. The van der Waals surface area contributed by atoms with Crippen LogP contribution in [0.2, 0.25) is 0 Å². The molecule has 1 unspecified atom stereocenters. The minimum absolute atomic E-state index is 0.417. The van der Waals surface area contributed by atoms with Crippen molar-refractivity contribution >= 4 is 11.5 Å². The predicted octanol–water partition coefficient (Wildman–Crippen LogP) is 4.77. The molecule has 0 aliphatic carbocycles. The number of para-hydroxylation sites is 1. The molecule has 0 saturated heterocycles. The van der Waals surface area contributed by atoms with Crippen molar-refractivity contribution in [3.05, 3.63) is 106 Å². The Kier molecular flexibility index (Phi) is 4.09. The maximum Gasteiger partial charge on any atom is 0.343 e. The van der Waals surface area contributed by atoms with Crippen molar-refractivity contribution in [1.82, 2.24) is 9.97 Å². The van der Waals surface area contributed by atoms with Crippen LogP contribution in [0.25, 0.3) is 0 Å². The monoisotopic (exact) mass is 383 g/mol. The molecule has 2 aromatic carbocycles. The largest absolute Gasteiger partial charge is 0.438 e. The van der Waals surface area contributed by atoms with Crippen LogP contribution in [0.15, 0.2) is 82.3 Å². The molecule has 1 aliphatic rings. The van der Waals surface area contributed by atoms with Crippen LogP contribution in [-0.2, 0) is 0 Å². The van der Waals surface area contributed by atoms with Crippen LogP contribution in [0, 0.1) is 6.92 Å². The first-order chi connectivity index (χ1) is 14.2. The number of rotatable bonds is 3. The summed E-state index contributed by atoms with van der Waals surface area (Å²) in [6.45, 7) is 1.72. The highest BCUT2D eigenvalue weighted by molar-refractivity contribution is 5.68. The molecule has 1 aliphatic heterocycles. The van der Waals surface area contributed by atoms with Crippen LogP contribution in [0.1, 0.15) is 28.4 Å². The fourth-order valence-electron chi connectivity index (χ4n) is 3.64. The van der Waals surface area contributed by atoms with Crippen LogP contribution in [0.4, 0.5) is 11.5 Å². The van der Waals surface area contributed by atoms with Crippen LogP contribution < -0.4 is 15.7 Å². The normalized spacial score (nSPS) is 14.4. The molecule has 6 heteroatoms. The fourth-order valence-corrected chi connectivity index (χ4v) is 3.64. The van der Waals surface area contributed by atoms with Gasteiger partial charge in [0.2, 0.25) is 5.88 Å². The van der Waals surface area contributed by atoms with Gasteiger partial charge in [-0.2, -0.15) is 0 Å². The molecule has 29 heavy (non-hydrogen) atoms. The quantitative estimate of drug-likeness (QED) is 0.484. The van der Waals surface area contributed by atoms with Gasteiger partial charge >= 0.3 is 5.63 Å². The number of ether oxygens (including phenoxy) is 1. The Hall–Kier alpha value is -3.93. The molecule has 0 spiro atoms. The van der Waals surface area contributed by atoms with E-state index in [1.54, 1.807) is 13.0 Å². The number of hydrogen-bond donors (Lipinski definition) is 1. The summed E-state index contributed by atoms with van der Waals surface area (Å²) in [6, 6.07) is 21.2. The summed E-state index contributed by atoms with van der Waals surface area (Å²) >= 11 is 0. The molecule has 5 rings (SSSR count). The molecule has 142 valence electrons. The Morgan fingerprint density at radius 1 is 0.931 bits per heavy atom. The summed E-state index contributed by atoms with van der Waals surface area (Å²) in [5, 5.41) is 3.33. The van der Waals surface area contributed by atoms with Gasteiger partial charge in [-0.3, -0.25) is 0 Å². The van der Waals surface area contributed by atoms with Crippen molar-refractivity contribution < 1.29 is 9.15 Å². The summed E-state index contributed by atoms with van der Waals surface area (Å²) < 4.78 is 11.4. The Labute approximate surface area is 166 Å². The van der Waals surface area contributed by atoms with Crippen LogP contribution in [0.5, 0.6) is 11.6 Å². The third-order valence-electron chi connectivity index (χ3n) is 4.87. The molecule has 1 N–H and O–H groups in total. The number of benzene rings is 2. The van der Waals surface area contributed by atoms with Gasteiger partial charge < -0.3 is 14.5 Å². The van der Waals surface area contributed by atoms with E-state index in [0.717, 1.165) is 11.3 Å². The first-order valence-corrected chi connectivity index (χ1v) is 9.25. The lowest BCUT2D eigenvalue weighted by atomic mass is 9.84. The highest BCUT2D eigenvalue weighted by atomic mass is 16.5. The Bertz CT molecular complexity index is 1240. The first-order valence-electron chi connectivity index (χ1n) is 9.25. The molecule has 0 radical (unpaired) electrons. The Morgan fingerprint density at radius 2 is 1.66 bits per heavy atom. The van der Waals surface area contributed by atoms with Gasteiger partial charge in [0.1, 0.15) is 23.7 Å². The van der Waals surface area contributed by atoms with Gasteiger partial charge in [-0.1, -0.05) is 48.5 Å². The smallest absolute Gasteiger partial charge is 0.343 e. The second-order valence-electron chi connectivity index (χ2n) is 6.80. The van der Waals surface area contributed by atoms with Crippen molar-refractivity contribution in [2.24, 2.45) is 0 Å². The van der Waals surface area contributed by atoms with Crippen LogP contribution in [0.3, 0.4) is 0 Å². The van der Waals surface area contributed by atoms with Crippen molar-refractivity contribution in [2.75, 3.05) is 5.32 Å². The van der Waals surface area contributed by atoms with Gasteiger partial charge in [-0.25, -0.2) is 14.8 Å². The summed E-state index contributed by atoms with van der Waals surface area (Å²) in [4.78, 5) is 21.6. The summed E-state index contributed by atoms with van der Waals surface area (Å²) in [5.74, 6) is 1.54. The van der Waals surface area contributed by atoms with Crippen molar-refractivity contribution in [2.45, 2.75) is 12.8 Å². The van der Waals surface area contributed by atoms with E-state index in [2.05, 4.69) is 15.3 Å². The van der Waals surface area contributed by atoms with Gasteiger partial charge in [0, 0.05) is 11.8 Å². The lowest BCUT2D eigenvalue weighted by Crippen LogP contribution is -2.22. The number of aryl methyl sites for hydroxylation is 1. The van der Waals surface area contributed by atoms with Gasteiger partial charge in [0.25, 0.3) is 0 Å². The molecule has 0 amide bonds. The van der Waals surface area contributed by atoms with Crippen LogP contribution in [-0.4, -0.2) is 9.97 Å². The topological polar surface area (TPSA) is 77.3 Å². The molecule has 3 heterocycles. The number of nitrogens with one attached hydrogen (secondary N) is 1. The molecular weight excluding hydrogens is 366 g/mol. The number of anilines is 2. The SMILES string of the molecule is Cc1cc2c(c(=O)o1)C(c1ccccc1)c1c(Nc3ccccc3)ncnc1O2. The minimum atomic E-state index is -0.422. The van der Waals surface area contributed by atoms with Crippen LogP contribution >= 0.6 is 0 Å². The molecule has 4 aromatic rings. The number of aromatic nitrogens is 2. The number of fused-ring (bicyclic) bond motifs is 2. The van der Waals surface area contributed by atoms with Crippen molar-refractivity contribution in [1.29, 1.82) is 0 Å². The Balaban J connectivity index is 1.75. The highest BCUT2D eigenvalue weighted by Gasteiger charge is 2.36. The second kappa shape index (κ2) is 6.91. The zero-order chi connectivity index (χ0) is 19.8. The van der Waals surface area contributed by atoms with Gasteiger partial charge in [-0.15, -0.1) is 0 Å². The maximum atomic E-state index is 12.8. The van der Waals surface area contributed by atoms with Gasteiger partial charge in [-0.05, 0) is 24.6 Å². The average Bonchev–Trinajstić information content (AvgIpc) is 2.73. The van der Waals surface area contributed by atoms with Crippen molar-refractivity contribution in [3.63, 3.8) is 0 Å². The number of nitrogens with zero attached hydrogens (tertiary/aromatic N) is 2. The standard InChI is InChI=1S/C23H17N3O3/c1-14-12-17-19(23(27)28-14)18(15-8-4-2-5-9-15)20-21(24-13-25-22(20)29-17)26-16-10-6-3-7-11-16/h2-13,18H,1H3,(H,24,25,26). The molecule has 0 saturated carbocycles. The van der Waals surface area contributed by atoms with Gasteiger partial charge in [0.15, 0.2) is 0 Å². The van der Waals surface area contributed by atoms with E-state index in [4.69, 9.17) is 9.15 Å². The molecule has 1 atom stereocenters. The first kappa shape index (κ1) is 17.2. The minimum Gasteiger partial charge on any atom is -0.438 e. The highest BCUT2D eigenvalue weighted by Crippen LogP contribution is 2.47. The zero-order valence-electron chi connectivity index (χ0n) is 15.6. The number of hydrogen-bond acceptors (Lipinski definition) is 6. The van der Waals surface area contributed by atoms with Gasteiger partial charge in [0.05, 0.1) is 17.0 Å². The molecule has 2 aromatic heterocycles. The molecule has 6 nitrogen and oxygen atoms in total. The average molecular weight is 383 g/mol. The lowest BCUT2D eigenvalue weighted by molar-refractivity contribution is 0.399. The van der Waals surface area contributed by atoms with E-state index in [1.807, 2.05) is 60.7 Å². The van der Waals surface area contributed by atoms with E-state index in [9.17, 15) is 4.79 Å². The predicted molar refractivity (Wildman–Crippen MR) is 109 cm³/mol. The molecule has 0 bridgehead atoms. The van der Waals surface area contributed by atoms with E-state index < -0.39 is 11.5 Å². The summed E-state index contributed by atoms with van der Waals surface area (Å²) in [5.41, 5.74) is 2.53. The molecular formula is C23H17N3O3. The summed E-state index contributed by atoms with van der Waals surface area (Å²) in [7, 11) is 0.